The summed E-state index contributed by atoms with van der Waals surface area (Å²) in [5, 5.41) is 6.37. The summed E-state index contributed by atoms with van der Waals surface area (Å²) in [7, 11) is 0. The Morgan fingerprint density at radius 3 is 2.57 bits per heavy atom. The summed E-state index contributed by atoms with van der Waals surface area (Å²) in [6, 6.07) is 7.23. The van der Waals surface area contributed by atoms with Crippen molar-refractivity contribution in [3.05, 3.63) is 29.3 Å². The van der Waals surface area contributed by atoms with E-state index in [9.17, 15) is 4.79 Å². The van der Waals surface area contributed by atoms with Gasteiger partial charge in [-0.15, -0.1) is 0 Å². The van der Waals surface area contributed by atoms with Crippen molar-refractivity contribution in [2.24, 2.45) is 0 Å². The molecule has 3 nitrogen and oxygen atoms in total. The fourth-order valence-electron chi connectivity index (χ4n) is 1.01. The fourth-order valence-corrected chi connectivity index (χ4v) is 1.14. The molecule has 0 saturated carbocycles. The first kappa shape index (κ1) is 10.9. The third-order valence-electron chi connectivity index (χ3n) is 1.67. The smallest absolute Gasteiger partial charge is 0.239 e. The Kier molecular flexibility index (Phi) is 4.26. The molecule has 0 aliphatic heterocycles. The van der Waals surface area contributed by atoms with Crippen LogP contribution >= 0.6 is 11.6 Å². The van der Waals surface area contributed by atoms with Gasteiger partial charge in [-0.2, -0.15) is 0 Å². The molecular formula is C10H13ClN2O. The molecule has 1 amide bonds. The number of likely N-dealkylation sites (N-methyl/N-ethyl adjacent to an activating group) is 1. The number of carbonyl (C=O) groups is 1. The van der Waals surface area contributed by atoms with Crippen molar-refractivity contribution >= 4 is 23.2 Å². The molecule has 0 atom stereocenters. The summed E-state index contributed by atoms with van der Waals surface area (Å²) in [4.78, 5) is 11.1. The molecular weight excluding hydrogens is 200 g/mol. The molecule has 0 fully saturated rings. The van der Waals surface area contributed by atoms with E-state index in [0.29, 0.717) is 11.6 Å². The Balaban J connectivity index is 2.38. The normalized spacial score (nSPS) is 9.57. The first-order chi connectivity index (χ1) is 6.72. The van der Waals surface area contributed by atoms with Crippen LogP contribution < -0.4 is 10.6 Å². The van der Waals surface area contributed by atoms with Crippen LogP contribution in [0.15, 0.2) is 24.3 Å². The number of halogens is 1. The van der Waals surface area contributed by atoms with Crippen molar-refractivity contribution in [3.8, 4) is 0 Å². The van der Waals surface area contributed by atoms with Crippen LogP contribution in [0.4, 0.5) is 5.69 Å². The molecule has 1 aromatic carbocycles. The van der Waals surface area contributed by atoms with Gasteiger partial charge in [0.2, 0.25) is 5.91 Å². The Bertz CT molecular complexity index is 297. The SMILES string of the molecule is CCNC(=O)CNc1ccc(Cl)cc1. The Morgan fingerprint density at radius 2 is 2.00 bits per heavy atom. The van der Waals surface area contributed by atoms with Gasteiger partial charge in [0, 0.05) is 17.3 Å². The van der Waals surface area contributed by atoms with Crippen LogP contribution in [-0.4, -0.2) is 19.0 Å². The molecule has 0 heterocycles. The first-order valence-corrected chi connectivity index (χ1v) is 4.86. The van der Waals surface area contributed by atoms with E-state index < -0.39 is 0 Å². The molecule has 0 saturated heterocycles. The molecule has 0 unspecified atom stereocenters. The van der Waals surface area contributed by atoms with Gasteiger partial charge in [-0.05, 0) is 31.2 Å². The van der Waals surface area contributed by atoms with Gasteiger partial charge in [0.15, 0.2) is 0 Å². The molecule has 14 heavy (non-hydrogen) atoms. The van der Waals surface area contributed by atoms with E-state index in [1.807, 2.05) is 19.1 Å². The van der Waals surface area contributed by atoms with Crippen molar-refractivity contribution in [3.63, 3.8) is 0 Å². The lowest BCUT2D eigenvalue weighted by Crippen LogP contribution is -2.29. The zero-order valence-electron chi connectivity index (χ0n) is 8.01. The number of carbonyl (C=O) groups excluding carboxylic acids is 1. The maximum Gasteiger partial charge on any atom is 0.239 e. The van der Waals surface area contributed by atoms with Gasteiger partial charge < -0.3 is 10.6 Å². The largest absolute Gasteiger partial charge is 0.376 e. The minimum Gasteiger partial charge on any atom is -0.376 e. The van der Waals surface area contributed by atoms with Gasteiger partial charge in [0.05, 0.1) is 6.54 Å². The molecule has 0 bridgehead atoms. The number of nitrogens with one attached hydrogen (secondary N) is 2. The average Bonchev–Trinajstić information content (AvgIpc) is 2.17. The lowest BCUT2D eigenvalue weighted by molar-refractivity contribution is -0.119. The monoisotopic (exact) mass is 212 g/mol. The standard InChI is InChI=1S/C10H13ClN2O/c1-2-12-10(14)7-13-9-5-3-8(11)4-6-9/h3-6,13H,2,7H2,1H3,(H,12,14). The number of anilines is 1. The van der Waals surface area contributed by atoms with Crippen LogP contribution in [0, 0.1) is 0 Å². The molecule has 0 aliphatic carbocycles. The molecule has 0 radical (unpaired) electrons. The molecule has 1 rings (SSSR count). The van der Waals surface area contributed by atoms with Crippen LogP contribution in [0.2, 0.25) is 5.02 Å². The number of hydrogen-bond acceptors (Lipinski definition) is 2. The first-order valence-electron chi connectivity index (χ1n) is 4.48. The van der Waals surface area contributed by atoms with E-state index in [0.717, 1.165) is 5.69 Å². The number of amides is 1. The fraction of sp³-hybridized carbons (Fsp3) is 0.300. The van der Waals surface area contributed by atoms with Crippen LogP contribution in [-0.2, 0) is 4.79 Å². The van der Waals surface area contributed by atoms with E-state index in [1.165, 1.54) is 0 Å². The maximum absolute atomic E-state index is 11.1. The second kappa shape index (κ2) is 5.50. The van der Waals surface area contributed by atoms with Gasteiger partial charge in [0.1, 0.15) is 0 Å². The maximum atomic E-state index is 11.1. The molecule has 2 N–H and O–H groups in total. The van der Waals surface area contributed by atoms with Crippen LogP contribution in [0.1, 0.15) is 6.92 Å². The summed E-state index contributed by atoms with van der Waals surface area (Å²) < 4.78 is 0. The third kappa shape index (κ3) is 3.66. The molecule has 0 aromatic heterocycles. The van der Waals surface area contributed by atoms with Gasteiger partial charge in [-0.3, -0.25) is 4.79 Å². The van der Waals surface area contributed by atoms with Crippen LogP contribution in [0.5, 0.6) is 0 Å². The van der Waals surface area contributed by atoms with Crippen molar-refractivity contribution in [2.75, 3.05) is 18.4 Å². The second-order valence-corrected chi connectivity index (χ2v) is 3.25. The third-order valence-corrected chi connectivity index (χ3v) is 1.92. The van der Waals surface area contributed by atoms with Crippen molar-refractivity contribution in [1.29, 1.82) is 0 Å². The molecule has 4 heteroatoms. The zero-order valence-corrected chi connectivity index (χ0v) is 8.77. The predicted octanol–water partition coefficient (Wildman–Crippen LogP) is 1.89. The molecule has 0 aliphatic rings. The van der Waals surface area contributed by atoms with Gasteiger partial charge in [0.25, 0.3) is 0 Å². The lowest BCUT2D eigenvalue weighted by atomic mass is 10.3. The Morgan fingerprint density at radius 1 is 1.36 bits per heavy atom. The summed E-state index contributed by atoms with van der Waals surface area (Å²) in [6.07, 6.45) is 0. The molecule has 76 valence electrons. The quantitative estimate of drug-likeness (QED) is 0.801. The van der Waals surface area contributed by atoms with E-state index in [2.05, 4.69) is 10.6 Å². The van der Waals surface area contributed by atoms with Gasteiger partial charge >= 0.3 is 0 Å². The van der Waals surface area contributed by atoms with Crippen molar-refractivity contribution < 1.29 is 4.79 Å². The van der Waals surface area contributed by atoms with E-state index in [-0.39, 0.29) is 12.5 Å². The Labute approximate surface area is 88.5 Å². The highest BCUT2D eigenvalue weighted by molar-refractivity contribution is 6.30. The summed E-state index contributed by atoms with van der Waals surface area (Å²) >= 11 is 5.72. The molecule has 0 spiro atoms. The van der Waals surface area contributed by atoms with Crippen LogP contribution in [0.25, 0.3) is 0 Å². The predicted molar refractivity (Wildman–Crippen MR) is 58.6 cm³/mol. The number of rotatable bonds is 4. The van der Waals surface area contributed by atoms with Crippen LogP contribution in [0.3, 0.4) is 0 Å². The Hall–Kier alpha value is -1.22. The highest BCUT2D eigenvalue weighted by atomic mass is 35.5. The average molecular weight is 213 g/mol. The minimum atomic E-state index is -0.0116. The highest BCUT2D eigenvalue weighted by Gasteiger charge is 1.98. The lowest BCUT2D eigenvalue weighted by Gasteiger charge is -2.05. The topological polar surface area (TPSA) is 41.1 Å². The number of hydrogen-bond donors (Lipinski definition) is 2. The van der Waals surface area contributed by atoms with Gasteiger partial charge in [-0.1, -0.05) is 11.6 Å². The summed E-state index contributed by atoms with van der Waals surface area (Å²) in [5.74, 6) is -0.0116. The van der Waals surface area contributed by atoms with Crippen molar-refractivity contribution in [2.45, 2.75) is 6.92 Å². The zero-order chi connectivity index (χ0) is 10.4. The van der Waals surface area contributed by atoms with Gasteiger partial charge in [-0.25, -0.2) is 0 Å². The van der Waals surface area contributed by atoms with E-state index >= 15 is 0 Å². The van der Waals surface area contributed by atoms with E-state index in [4.69, 9.17) is 11.6 Å². The second-order valence-electron chi connectivity index (χ2n) is 2.81. The summed E-state index contributed by atoms with van der Waals surface area (Å²) in [6.45, 7) is 2.83. The summed E-state index contributed by atoms with van der Waals surface area (Å²) in [5.41, 5.74) is 0.889. The minimum absolute atomic E-state index is 0.0116. The molecule has 1 aromatic rings. The number of benzene rings is 1. The highest BCUT2D eigenvalue weighted by Crippen LogP contribution is 2.12. The van der Waals surface area contributed by atoms with Crippen molar-refractivity contribution in [1.82, 2.24) is 5.32 Å². The van der Waals surface area contributed by atoms with E-state index in [1.54, 1.807) is 12.1 Å².